The second-order valence-corrected chi connectivity index (χ2v) is 5.29. The van der Waals surface area contributed by atoms with Crippen LogP contribution in [0.4, 0.5) is 0 Å². The molecule has 0 aliphatic heterocycles. The van der Waals surface area contributed by atoms with Gasteiger partial charge in [0.25, 0.3) is 0 Å². The Balaban J connectivity index is 0.000000960. The third-order valence-electron chi connectivity index (χ3n) is 3.92. The zero-order valence-corrected chi connectivity index (χ0v) is 12.7. The normalized spacial score (nSPS) is 9.91. The first kappa shape index (κ1) is 16.8. The van der Waals surface area contributed by atoms with Crippen molar-refractivity contribution < 1.29 is 11.0 Å². The van der Waals surface area contributed by atoms with Crippen LogP contribution in [0.1, 0.15) is 0 Å². The van der Waals surface area contributed by atoms with E-state index in [9.17, 15) is 0 Å². The summed E-state index contributed by atoms with van der Waals surface area (Å²) in [5, 5.41) is 5.23. The Morgan fingerprint density at radius 2 is 1.09 bits per heavy atom. The van der Waals surface area contributed by atoms with E-state index < -0.39 is 0 Å². The van der Waals surface area contributed by atoms with Crippen molar-refractivity contribution >= 4 is 39.8 Å². The molecule has 4 rings (SSSR count). The van der Waals surface area contributed by atoms with Gasteiger partial charge in [-0.3, -0.25) is 0 Å². The van der Waals surface area contributed by atoms with E-state index >= 15 is 0 Å². The van der Waals surface area contributed by atoms with Crippen LogP contribution in [-0.2, 0) is 0 Å². The van der Waals surface area contributed by atoms with Crippen LogP contribution in [0, 0.1) is 0 Å². The number of benzene rings is 4. The van der Waals surface area contributed by atoms with Crippen molar-refractivity contribution in [2.75, 3.05) is 0 Å². The third-order valence-corrected chi connectivity index (χ3v) is 3.92. The predicted octanol–water partition coefficient (Wildman–Crippen LogP) is 2.00. The largest absolute Gasteiger partial charge is 0.412 e. The first-order valence-corrected chi connectivity index (χ1v) is 7.22. The fourth-order valence-electron chi connectivity index (χ4n) is 2.93. The summed E-state index contributed by atoms with van der Waals surface area (Å²) in [6.07, 6.45) is 0. The second kappa shape index (κ2) is 7.10. The lowest BCUT2D eigenvalue weighted by atomic mass is 9.62. The smallest absolute Gasteiger partial charge is 0.192 e. The van der Waals surface area contributed by atoms with Crippen LogP contribution < -0.4 is 10.9 Å². The highest BCUT2D eigenvalue weighted by Gasteiger charge is 2.07. The van der Waals surface area contributed by atoms with Crippen LogP contribution in [-0.4, -0.2) is 18.2 Å². The minimum Gasteiger partial charge on any atom is -0.412 e. The molecule has 4 aromatic rings. The maximum atomic E-state index is 2.28. The molecule has 0 aliphatic carbocycles. The van der Waals surface area contributed by atoms with E-state index in [1.54, 1.807) is 0 Å². The molecule has 4 N–H and O–H groups in total. The molecule has 0 aromatic heterocycles. The van der Waals surface area contributed by atoms with Gasteiger partial charge >= 0.3 is 0 Å². The van der Waals surface area contributed by atoms with Crippen LogP contribution >= 0.6 is 0 Å². The maximum absolute atomic E-state index is 2.28. The van der Waals surface area contributed by atoms with Gasteiger partial charge in [0.05, 0.1) is 0 Å². The third kappa shape index (κ3) is 3.11. The van der Waals surface area contributed by atoms with Crippen molar-refractivity contribution in [2.24, 2.45) is 0 Å². The summed E-state index contributed by atoms with van der Waals surface area (Å²) >= 11 is 0. The molecule has 0 bridgehead atoms. The van der Waals surface area contributed by atoms with Crippen molar-refractivity contribution in [2.45, 2.75) is 0 Å². The van der Waals surface area contributed by atoms with Crippen molar-refractivity contribution in [3.05, 3.63) is 84.9 Å². The van der Waals surface area contributed by atoms with Crippen molar-refractivity contribution in [1.82, 2.24) is 0 Å². The van der Waals surface area contributed by atoms with Gasteiger partial charge in [0.2, 0.25) is 0 Å². The second-order valence-electron chi connectivity index (χ2n) is 5.29. The van der Waals surface area contributed by atoms with Crippen molar-refractivity contribution in [3.8, 4) is 0 Å². The fourth-order valence-corrected chi connectivity index (χ4v) is 2.93. The van der Waals surface area contributed by atoms with Crippen molar-refractivity contribution in [1.29, 1.82) is 0 Å². The molecule has 0 unspecified atom stereocenters. The Morgan fingerprint density at radius 1 is 0.522 bits per heavy atom. The zero-order chi connectivity index (χ0) is 14.1. The van der Waals surface area contributed by atoms with Crippen LogP contribution in [0.5, 0.6) is 0 Å². The summed E-state index contributed by atoms with van der Waals surface area (Å²) in [4.78, 5) is 0. The van der Waals surface area contributed by atoms with Crippen LogP contribution in [0.2, 0.25) is 0 Å². The lowest BCUT2D eigenvalue weighted by Crippen LogP contribution is -2.27. The highest BCUT2D eigenvalue weighted by molar-refractivity contribution is 6.70. The molecule has 0 amide bonds. The van der Waals surface area contributed by atoms with E-state index in [-0.39, 0.29) is 11.0 Å². The molecule has 3 heteroatoms. The van der Waals surface area contributed by atoms with Crippen LogP contribution in [0.15, 0.2) is 84.9 Å². The Bertz CT molecular complexity index is 920. The molecule has 0 saturated heterocycles. The highest BCUT2D eigenvalue weighted by atomic mass is 16.0. The van der Waals surface area contributed by atoms with E-state index in [0.29, 0.717) is 0 Å². The summed E-state index contributed by atoms with van der Waals surface area (Å²) in [5.41, 5.74) is 2.51. The Labute approximate surface area is 136 Å². The topological polar surface area (TPSA) is 63.0 Å². The minimum atomic E-state index is 0. The van der Waals surface area contributed by atoms with Gasteiger partial charge < -0.3 is 11.0 Å². The molecule has 0 heterocycles. The van der Waals surface area contributed by atoms with Gasteiger partial charge in [-0.2, -0.15) is 0 Å². The average molecular weight is 301 g/mol. The molecule has 113 valence electrons. The monoisotopic (exact) mass is 301 g/mol. The summed E-state index contributed by atoms with van der Waals surface area (Å²) in [6, 6.07) is 30.0. The summed E-state index contributed by atoms with van der Waals surface area (Å²) < 4.78 is 0. The van der Waals surface area contributed by atoms with Gasteiger partial charge in [0.15, 0.2) is 7.28 Å². The van der Waals surface area contributed by atoms with Gasteiger partial charge in [-0.25, -0.2) is 0 Å². The molecule has 0 atom stereocenters. The molecule has 2 nitrogen and oxygen atoms in total. The van der Waals surface area contributed by atoms with Crippen LogP contribution in [0.3, 0.4) is 0 Å². The van der Waals surface area contributed by atoms with E-state index in [4.69, 9.17) is 0 Å². The van der Waals surface area contributed by atoms with Gasteiger partial charge in [-0.05, 0) is 21.5 Å². The molecule has 4 aromatic carbocycles. The number of rotatable bonds is 2. The lowest BCUT2D eigenvalue weighted by Gasteiger charge is -2.10. The first-order chi connectivity index (χ1) is 10.4. The van der Waals surface area contributed by atoms with E-state index in [0.717, 1.165) is 0 Å². The highest BCUT2D eigenvalue weighted by Crippen LogP contribution is 2.23. The van der Waals surface area contributed by atoms with Crippen molar-refractivity contribution in [3.63, 3.8) is 0 Å². The number of fused-ring (bicyclic) bond motifs is 3. The molecule has 1 radical (unpaired) electrons. The molecule has 23 heavy (non-hydrogen) atoms. The van der Waals surface area contributed by atoms with Gasteiger partial charge in [0, 0.05) is 0 Å². The number of hydrogen-bond donors (Lipinski definition) is 0. The molecular formula is C20H18BO2. The van der Waals surface area contributed by atoms with E-state index in [1.807, 2.05) is 0 Å². The first-order valence-electron chi connectivity index (χ1n) is 7.22. The quantitative estimate of drug-likeness (QED) is 0.401. The average Bonchev–Trinajstić information content (AvgIpc) is 2.56. The Hall–Kier alpha value is -2.62. The Kier molecular flexibility index (Phi) is 5.17. The molecule has 0 fully saturated rings. The van der Waals surface area contributed by atoms with E-state index in [1.165, 1.54) is 32.5 Å². The van der Waals surface area contributed by atoms with Gasteiger partial charge in [-0.15, -0.1) is 0 Å². The van der Waals surface area contributed by atoms with E-state index in [2.05, 4.69) is 92.2 Å². The zero-order valence-electron chi connectivity index (χ0n) is 12.7. The van der Waals surface area contributed by atoms with Crippen LogP contribution in [0.25, 0.3) is 21.5 Å². The minimum absolute atomic E-state index is 0. The summed E-state index contributed by atoms with van der Waals surface area (Å²) in [7, 11) is 2.26. The number of hydrogen-bond acceptors (Lipinski definition) is 0. The molecule has 0 saturated carbocycles. The van der Waals surface area contributed by atoms with Gasteiger partial charge in [0.1, 0.15) is 0 Å². The molecule has 0 aliphatic rings. The molecule has 0 spiro atoms. The summed E-state index contributed by atoms with van der Waals surface area (Å²) in [5.74, 6) is 0. The predicted molar refractivity (Wildman–Crippen MR) is 100 cm³/mol. The maximum Gasteiger partial charge on any atom is 0.192 e. The summed E-state index contributed by atoms with van der Waals surface area (Å²) in [6.45, 7) is 0. The molecular weight excluding hydrogens is 283 g/mol. The van der Waals surface area contributed by atoms with Gasteiger partial charge in [-0.1, -0.05) is 95.9 Å². The SMILES string of the molecule is O.O.[B](c1ccccc1)c1cc2ccccc2c2ccccc12. The standard InChI is InChI=1S/C20H14B.2H2O/c1-2-9-16(10-3-1)21-20-14-15-8-4-5-11-17(15)18-12-6-7-13-19(18)20;;/h1-14H;2*1H2. The lowest BCUT2D eigenvalue weighted by molar-refractivity contribution is 0.823. The fraction of sp³-hybridized carbons (Fsp3) is 0. The Morgan fingerprint density at radius 3 is 1.83 bits per heavy atom.